The van der Waals surface area contributed by atoms with Crippen LogP contribution in [0.1, 0.15) is 32.6 Å². The number of halogens is 1. The molecule has 2 heterocycles. The topological polar surface area (TPSA) is 48.1 Å². The molecule has 1 unspecified atom stereocenters. The van der Waals surface area contributed by atoms with Gasteiger partial charge < -0.3 is 20.4 Å². The fourth-order valence-electron chi connectivity index (χ4n) is 4.08. The van der Waals surface area contributed by atoms with Crippen molar-refractivity contribution < 1.29 is 4.39 Å². The van der Waals surface area contributed by atoms with Crippen molar-refractivity contribution in [2.75, 3.05) is 57.3 Å². The summed E-state index contributed by atoms with van der Waals surface area (Å²) in [5, 5.41) is 0. The summed E-state index contributed by atoms with van der Waals surface area (Å²) in [5.74, 6) is 1.32. The van der Waals surface area contributed by atoms with Gasteiger partial charge >= 0.3 is 0 Å². The number of aliphatic imine (C=N–C) groups is 1. The molecule has 1 aromatic rings. The number of hydrogen-bond acceptors (Lipinski definition) is 3. The van der Waals surface area contributed by atoms with E-state index >= 15 is 0 Å². The lowest BCUT2D eigenvalue weighted by molar-refractivity contribution is 0.181. The van der Waals surface area contributed by atoms with Gasteiger partial charge in [-0.25, -0.2) is 4.39 Å². The van der Waals surface area contributed by atoms with Crippen LogP contribution >= 0.6 is 0 Å². The van der Waals surface area contributed by atoms with Gasteiger partial charge in [-0.3, -0.25) is 4.99 Å². The van der Waals surface area contributed by atoms with Gasteiger partial charge in [0.2, 0.25) is 0 Å². The van der Waals surface area contributed by atoms with Crippen molar-refractivity contribution in [3.63, 3.8) is 0 Å². The second-order valence-electron chi connectivity index (χ2n) is 7.95. The number of anilines is 1. The first-order chi connectivity index (χ1) is 13.1. The molecule has 6 heteroatoms. The zero-order valence-corrected chi connectivity index (χ0v) is 16.6. The van der Waals surface area contributed by atoms with Crippen LogP contribution in [0, 0.1) is 11.7 Å². The summed E-state index contributed by atoms with van der Waals surface area (Å²) < 4.78 is 13.1. The molecule has 2 aliphatic heterocycles. The quantitative estimate of drug-likeness (QED) is 0.472. The van der Waals surface area contributed by atoms with Crippen LogP contribution in [0.15, 0.2) is 29.3 Å². The normalized spacial score (nSPS) is 22.3. The molecule has 0 amide bonds. The SMILES string of the molecule is CC1CCCN(CCCCN=C(N)N2CCN(c3ccc(F)cc3)CC2)C1. The molecule has 1 aromatic carbocycles. The average molecular weight is 376 g/mol. The van der Waals surface area contributed by atoms with E-state index in [-0.39, 0.29) is 5.82 Å². The third-order valence-corrected chi connectivity index (χ3v) is 5.69. The predicted octanol–water partition coefficient (Wildman–Crippen LogP) is 2.77. The van der Waals surface area contributed by atoms with E-state index < -0.39 is 0 Å². The van der Waals surface area contributed by atoms with Crippen LogP contribution in [0.4, 0.5) is 10.1 Å². The number of nitrogens with two attached hydrogens (primary N) is 1. The molecule has 5 nitrogen and oxygen atoms in total. The fraction of sp³-hybridized carbons (Fsp3) is 0.667. The number of piperazine rings is 1. The molecule has 0 bridgehead atoms. The number of rotatable bonds is 6. The van der Waals surface area contributed by atoms with E-state index in [1.54, 1.807) is 0 Å². The van der Waals surface area contributed by atoms with Crippen LogP contribution in [-0.4, -0.2) is 68.1 Å². The molecule has 0 aromatic heterocycles. The largest absolute Gasteiger partial charge is 0.370 e. The fourth-order valence-corrected chi connectivity index (χ4v) is 4.08. The van der Waals surface area contributed by atoms with Gasteiger partial charge in [0.1, 0.15) is 5.82 Å². The number of nitrogens with zero attached hydrogens (tertiary/aromatic N) is 4. The molecule has 3 rings (SSSR count). The number of benzene rings is 1. The molecule has 0 aliphatic carbocycles. The highest BCUT2D eigenvalue weighted by Gasteiger charge is 2.18. The number of likely N-dealkylation sites (tertiary alicyclic amines) is 1. The van der Waals surface area contributed by atoms with Gasteiger partial charge in [-0.15, -0.1) is 0 Å². The van der Waals surface area contributed by atoms with Gasteiger partial charge in [0.05, 0.1) is 0 Å². The van der Waals surface area contributed by atoms with Crippen molar-refractivity contribution in [3.05, 3.63) is 30.1 Å². The van der Waals surface area contributed by atoms with E-state index in [2.05, 4.69) is 26.6 Å². The first-order valence-corrected chi connectivity index (χ1v) is 10.4. The maximum Gasteiger partial charge on any atom is 0.191 e. The van der Waals surface area contributed by atoms with Crippen molar-refractivity contribution >= 4 is 11.6 Å². The van der Waals surface area contributed by atoms with Crippen LogP contribution in [0.25, 0.3) is 0 Å². The lowest BCUT2D eigenvalue weighted by Crippen LogP contribution is -2.51. The Morgan fingerprint density at radius 2 is 1.85 bits per heavy atom. The number of unbranched alkanes of at least 4 members (excludes halogenated alkanes) is 1. The van der Waals surface area contributed by atoms with Gasteiger partial charge in [0.25, 0.3) is 0 Å². The number of hydrogen-bond donors (Lipinski definition) is 1. The van der Waals surface area contributed by atoms with E-state index in [4.69, 9.17) is 5.73 Å². The molecule has 150 valence electrons. The van der Waals surface area contributed by atoms with E-state index in [0.717, 1.165) is 50.7 Å². The van der Waals surface area contributed by atoms with Crippen molar-refractivity contribution in [1.82, 2.24) is 9.80 Å². The summed E-state index contributed by atoms with van der Waals surface area (Å²) >= 11 is 0. The predicted molar refractivity (Wildman–Crippen MR) is 111 cm³/mol. The molecule has 2 aliphatic rings. The third kappa shape index (κ3) is 6.09. The smallest absolute Gasteiger partial charge is 0.191 e. The van der Waals surface area contributed by atoms with Crippen LogP contribution in [0.2, 0.25) is 0 Å². The van der Waals surface area contributed by atoms with Crippen molar-refractivity contribution in [2.24, 2.45) is 16.6 Å². The Kier molecular flexibility index (Phi) is 7.33. The molecule has 2 fully saturated rings. The second-order valence-corrected chi connectivity index (χ2v) is 7.95. The van der Waals surface area contributed by atoms with E-state index in [9.17, 15) is 4.39 Å². The van der Waals surface area contributed by atoms with Gasteiger partial charge in [-0.2, -0.15) is 0 Å². The Bertz CT molecular complexity index is 595. The van der Waals surface area contributed by atoms with Crippen LogP contribution in [-0.2, 0) is 0 Å². The molecular formula is C21H34FN5. The monoisotopic (exact) mass is 375 g/mol. The Hall–Kier alpha value is -1.82. The number of piperidine rings is 1. The van der Waals surface area contributed by atoms with Crippen molar-refractivity contribution in [2.45, 2.75) is 32.6 Å². The molecule has 0 radical (unpaired) electrons. The molecule has 1 atom stereocenters. The summed E-state index contributed by atoms with van der Waals surface area (Å²) in [5.41, 5.74) is 7.26. The summed E-state index contributed by atoms with van der Waals surface area (Å²) in [7, 11) is 0. The number of guanidine groups is 1. The van der Waals surface area contributed by atoms with Crippen LogP contribution in [0.5, 0.6) is 0 Å². The maximum atomic E-state index is 13.1. The Balaban J connectivity index is 1.33. The zero-order valence-electron chi connectivity index (χ0n) is 16.6. The molecule has 2 N–H and O–H groups in total. The standard InChI is InChI=1S/C21H34FN5/c1-18-5-4-12-25(17-18)11-3-2-10-24-21(23)27-15-13-26(14-16-27)20-8-6-19(22)7-9-20/h6-9,18H,2-5,10-17H2,1H3,(H2,23,24). The van der Waals surface area contributed by atoms with Crippen LogP contribution < -0.4 is 10.6 Å². The minimum Gasteiger partial charge on any atom is -0.370 e. The molecule has 27 heavy (non-hydrogen) atoms. The maximum absolute atomic E-state index is 13.1. The summed E-state index contributed by atoms with van der Waals surface area (Å²) in [6.45, 7) is 10.4. The molecule has 2 saturated heterocycles. The first-order valence-electron chi connectivity index (χ1n) is 10.4. The lowest BCUT2D eigenvalue weighted by atomic mass is 10.0. The summed E-state index contributed by atoms with van der Waals surface area (Å²) in [4.78, 5) is 11.6. The Morgan fingerprint density at radius 3 is 2.56 bits per heavy atom. The van der Waals surface area contributed by atoms with E-state index in [1.165, 1.54) is 51.0 Å². The highest BCUT2D eigenvalue weighted by molar-refractivity contribution is 5.78. The first kappa shape index (κ1) is 19.9. The lowest BCUT2D eigenvalue weighted by Gasteiger charge is -2.36. The van der Waals surface area contributed by atoms with Crippen LogP contribution in [0.3, 0.4) is 0 Å². The van der Waals surface area contributed by atoms with E-state index in [0.29, 0.717) is 5.96 Å². The highest BCUT2D eigenvalue weighted by Crippen LogP contribution is 2.17. The van der Waals surface area contributed by atoms with Gasteiger partial charge in [-0.1, -0.05) is 6.92 Å². The van der Waals surface area contributed by atoms with Gasteiger partial charge in [0.15, 0.2) is 5.96 Å². The highest BCUT2D eigenvalue weighted by atomic mass is 19.1. The second kappa shape index (κ2) is 9.93. The summed E-state index contributed by atoms with van der Waals surface area (Å²) in [6.07, 6.45) is 5.02. The van der Waals surface area contributed by atoms with Gasteiger partial charge in [-0.05, 0) is 69.0 Å². The summed E-state index contributed by atoms with van der Waals surface area (Å²) in [6, 6.07) is 6.71. The van der Waals surface area contributed by atoms with E-state index in [1.807, 2.05) is 12.1 Å². The Morgan fingerprint density at radius 1 is 1.11 bits per heavy atom. The third-order valence-electron chi connectivity index (χ3n) is 5.69. The average Bonchev–Trinajstić information content (AvgIpc) is 2.68. The van der Waals surface area contributed by atoms with Crippen molar-refractivity contribution in [1.29, 1.82) is 0 Å². The minimum absolute atomic E-state index is 0.191. The molecule has 0 saturated carbocycles. The van der Waals surface area contributed by atoms with Crippen molar-refractivity contribution in [3.8, 4) is 0 Å². The zero-order chi connectivity index (χ0) is 19.1. The molecule has 0 spiro atoms. The van der Waals surface area contributed by atoms with Gasteiger partial charge in [0, 0.05) is 45.0 Å². The molecular weight excluding hydrogens is 341 g/mol. The minimum atomic E-state index is -0.191. The Labute approximate surface area is 163 Å².